The highest BCUT2D eigenvalue weighted by atomic mass is 16.6. The van der Waals surface area contributed by atoms with Gasteiger partial charge in [0.05, 0.1) is 6.61 Å². The zero-order valence-corrected chi connectivity index (χ0v) is 25.5. The van der Waals surface area contributed by atoms with Crippen molar-refractivity contribution in [2.75, 3.05) is 26.4 Å². The average Bonchev–Trinajstić information content (AvgIpc) is 3.46. The molecule has 10 heteroatoms. The van der Waals surface area contributed by atoms with E-state index in [1.807, 2.05) is 42.5 Å². The van der Waals surface area contributed by atoms with E-state index in [1.165, 1.54) is 16.3 Å². The maximum atomic E-state index is 13.1. The monoisotopic (exact) mass is 616 g/mol. The van der Waals surface area contributed by atoms with Gasteiger partial charge in [0.15, 0.2) is 17.8 Å². The van der Waals surface area contributed by atoms with E-state index in [0.29, 0.717) is 37.3 Å². The second-order valence-electron chi connectivity index (χ2n) is 10.5. The lowest BCUT2D eigenvalue weighted by Crippen LogP contribution is -2.49. The molecule has 0 aliphatic carbocycles. The normalized spacial score (nSPS) is 12.8. The Morgan fingerprint density at radius 2 is 1.73 bits per heavy atom. The number of benzene rings is 3. The summed E-state index contributed by atoms with van der Waals surface area (Å²) in [5.41, 5.74) is 2.72. The number of carboxylic acids is 1. The molecule has 1 amide bonds. The summed E-state index contributed by atoms with van der Waals surface area (Å²) >= 11 is 0. The second-order valence-corrected chi connectivity index (χ2v) is 10.5. The Balaban J connectivity index is 1.25. The van der Waals surface area contributed by atoms with Gasteiger partial charge in [0.2, 0.25) is 5.89 Å². The van der Waals surface area contributed by atoms with Crippen molar-refractivity contribution in [1.82, 2.24) is 10.3 Å². The molecule has 2 N–H and O–H groups in total. The molecule has 45 heavy (non-hydrogen) atoms. The molecule has 3 aromatic carbocycles. The van der Waals surface area contributed by atoms with Gasteiger partial charge in [-0.1, -0.05) is 67.1 Å². The van der Waals surface area contributed by atoms with Crippen molar-refractivity contribution in [1.29, 1.82) is 0 Å². The first-order valence-corrected chi connectivity index (χ1v) is 15.3. The van der Waals surface area contributed by atoms with Gasteiger partial charge >= 0.3 is 11.9 Å². The smallest absolute Gasteiger partial charge is 0.336 e. The fraction of sp³-hybridized carbons (Fsp3) is 0.371. The van der Waals surface area contributed by atoms with Crippen LogP contribution in [0.5, 0.6) is 0 Å². The Morgan fingerprint density at radius 3 is 2.53 bits per heavy atom. The van der Waals surface area contributed by atoms with Crippen molar-refractivity contribution < 1.29 is 38.1 Å². The molecule has 0 bridgehead atoms. The van der Waals surface area contributed by atoms with Crippen LogP contribution in [0.25, 0.3) is 27.9 Å². The number of aryl methyl sites for hydroxylation is 1. The van der Waals surface area contributed by atoms with Crippen LogP contribution >= 0.6 is 0 Å². The molecule has 1 heterocycles. The standard InChI is InChI=1S/C35H40N2O8/c1-2-42-31(38)24-44-33(35(40)41)32(43-22-12-4-6-18-30-37-28-16-9-10-17-29(28)45-30)34(39)36-21-11-3-5-13-25-19-20-26-14-7-8-15-27(26)23-25/h6-10,14-20,23,32-33H,2-5,11-13,21-22,24H2,1H3,(H,36,39)(H,40,41)/b18-6+/t32-,33-/m1/s1. The summed E-state index contributed by atoms with van der Waals surface area (Å²) in [6, 6.07) is 22.2. The average molecular weight is 617 g/mol. The summed E-state index contributed by atoms with van der Waals surface area (Å²) in [5.74, 6) is -2.27. The number of hydrogen-bond acceptors (Lipinski definition) is 8. The number of carboxylic acid groups (broad SMARTS) is 1. The maximum absolute atomic E-state index is 13.1. The van der Waals surface area contributed by atoms with Crippen LogP contribution in [-0.2, 0) is 35.0 Å². The van der Waals surface area contributed by atoms with Gasteiger partial charge in [-0.2, -0.15) is 0 Å². The first kappa shape index (κ1) is 33.4. The highest BCUT2D eigenvalue weighted by molar-refractivity contribution is 5.88. The topological polar surface area (TPSA) is 137 Å². The van der Waals surface area contributed by atoms with E-state index in [1.54, 1.807) is 13.0 Å². The minimum atomic E-state index is -1.68. The zero-order valence-electron chi connectivity index (χ0n) is 25.5. The van der Waals surface area contributed by atoms with E-state index in [4.69, 9.17) is 18.6 Å². The molecule has 238 valence electrons. The molecule has 0 unspecified atom stereocenters. The molecule has 0 aliphatic rings. The van der Waals surface area contributed by atoms with Crippen molar-refractivity contribution in [2.24, 2.45) is 0 Å². The van der Waals surface area contributed by atoms with Gasteiger partial charge in [0.1, 0.15) is 12.1 Å². The SMILES string of the molecule is CCOC(=O)CO[C@@H](C(=O)O)[C@@H](OCCC/C=C/c1nc2ccccc2o1)C(=O)NCCCCCc1ccc2ccccc2c1. The quantitative estimate of drug-likeness (QED) is 0.100. The van der Waals surface area contributed by atoms with Gasteiger partial charge in [0.25, 0.3) is 5.91 Å². The van der Waals surface area contributed by atoms with Crippen LogP contribution in [-0.4, -0.2) is 66.5 Å². The fourth-order valence-corrected chi connectivity index (χ4v) is 4.84. The van der Waals surface area contributed by atoms with Crippen LogP contribution in [0.2, 0.25) is 0 Å². The number of esters is 1. The van der Waals surface area contributed by atoms with Crippen LogP contribution in [0.15, 0.2) is 77.2 Å². The Kier molecular flexibility index (Phi) is 13.1. The van der Waals surface area contributed by atoms with Gasteiger partial charge in [-0.3, -0.25) is 4.79 Å². The lowest BCUT2D eigenvalue weighted by atomic mass is 10.0. The molecular formula is C35H40N2O8. The molecule has 1 aromatic heterocycles. The summed E-state index contributed by atoms with van der Waals surface area (Å²) in [5, 5.41) is 15.0. The lowest BCUT2D eigenvalue weighted by molar-refractivity contribution is -0.174. The van der Waals surface area contributed by atoms with Crippen molar-refractivity contribution in [3.63, 3.8) is 0 Å². The number of ether oxygens (including phenoxy) is 3. The molecule has 4 rings (SSSR count). The largest absolute Gasteiger partial charge is 0.479 e. The summed E-state index contributed by atoms with van der Waals surface area (Å²) in [6.07, 6.45) is 5.04. The van der Waals surface area contributed by atoms with E-state index < -0.39 is 36.7 Å². The highest BCUT2D eigenvalue weighted by Crippen LogP contribution is 2.18. The first-order chi connectivity index (χ1) is 21.9. The highest BCUT2D eigenvalue weighted by Gasteiger charge is 2.36. The van der Waals surface area contributed by atoms with Crippen molar-refractivity contribution in [3.8, 4) is 0 Å². The van der Waals surface area contributed by atoms with E-state index in [-0.39, 0.29) is 13.2 Å². The third-order valence-electron chi connectivity index (χ3n) is 7.10. The van der Waals surface area contributed by atoms with E-state index in [0.717, 1.165) is 24.8 Å². The third-order valence-corrected chi connectivity index (χ3v) is 7.10. The summed E-state index contributed by atoms with van der Waals surface area (Å²) in [4.78, 5) is 41.3. The van der Waals surface area contributed by atoms with Crippen LogP contribution in [0.3, 0.4) is 0 Å². The number of oxazole rings is 1. The molecule has 4 aromatic rings. The van der Waals surface area contributed by atoms with Crippen LogP contribution in [0.4, 0.5) is 0 Å². The molecule has 0 aliphatic heterocycles. The number of aromatic nitrogens is 1. The van der Waals surface area contributed by atoms with Gasteiger partial charge in [-0.15, -0.1) is 0 Å². The number of allylic oxidation sites excluding steroid dienone is 1. The van der Waals surface area contributed by atoms with Gasteiger partial charge in [0, 0.05) is 13.2 Å². The minimum absolute atomic E-state index is 0.0916. The van der Waals surface area contributed by atoms with Gasteiger partial charge in [-0.05, 0) is 73.6 Å². The van der Waals surface area contributed by atoms with E-state index >= 15 is 0 Å². The molecule has 0 saturated heterocycles. The molecular weight excluding hydrogens is 576 g/mol. The number of para-hydroxylation sites is 2. The number of nitrogens with one attached hydrogen (secondary N) is 1. The third kappa shape index (κ3) is 10.5. The number of amides is 1. The molecule has 0 fully saturated rings. The number of rotatable bonds is 19. The number of nitrogens with zero attached hydrogens (tertiary/aromatic N) is 1. The van der Waals surface area contributed by atoms with Crippen molar-refractivity contribution >= 4 is 45.8 Å². The molecule has 0 radical (unpaired) electrons. The summed E-state index contributed by atoms with van der Waals surface area (Å²) in [6.45, 7) is 1.59. The molecule has 2 atom stereocenters. The Morgan fingerprint density at radius 1 is 0.933 bits per heavy atom. The fourth-order valence-electron chi connectivity index (χ4n) is 4.84. The second kappa shape index (κ2) is 17.7. The van der Waals surface area contributed by atoms with Crippen LogP contribution in [0.1, 0.15) is 50.5 Å². The number of carbonyl (C=O) groups excluding carboxylic acids is 2. The lowest BCUT2D eigenvalue weighted by Gasteiger charge is -2.23. The van der Waals surface area contributed by atoms with Crippen LogP contribution in [0, 0.1) is 0 Å². The molecule has 0 spiro atoms. The predicted octanol–water partition coefficient (Wildman–Crippen LogP) is 5.72. The van der Waals surface area contributed by atoms with E-state index in [2.05, 4.69) is 40.6 Å². The number of carbonyl (C=O) groups is 3. The van der Waals surface area contributed by atoms with E-state index in [9.17, 15) is 19.5 Å². The molecule has 0 saturated carbocycles. The number of fused-ring (bicyclic) bond motifs is 2. The Labute approximate surface area is 262 Å². The van der Waals surface area contributed by atoms with Crippen LogP contribution < -0.4 is 5.32 Å². The van der Waals surface area contributed by atoms with Gasteiger partial charge in [-0.25, -0.2) is 14.6 Å². The number of hydrogen-bond donors (Lipinski definition) is 2. The Hall–Kier alpha value is -4.54. The van der Waals surface area contributed by atoms with Crippen molar-refractivity contribution in [2.45, 2.75) is 57.7 Å². The summed E-state index contributed by atoms with van der Waals surface area (Å²) in [7, 11) is 0. The minimum Gasteiger partial charge on any atom is -0.479 e. The van der Waals surface area contributed by atoms with Gasteiger partial charge < -0.3 is 29.1 Å². The number of unbranched alkanes of at least 4 members (excludes halogenated alkanes) is 3. The first-order valence-electron chi connectivity index (χ1n) is 15.3. The predicted molar refractivity (Wildman–Crippen MR) is 171 cm³/mol. The maximum Gasteiger partial charge on any atom is 0.336 e. The zero-order chi connectivity index (χ0) is 31.9. The molecule has 10 nitrogen and oxygen atoms in total. The summed E-state index contributed by atoms with van der Waals surface area (Å²) < 4.78 is 21.5. The van der Waals surface area contributed by atoms with Crippen molar-refractivity contribution in [3.05, 3.63) is 84.3 Å². The number of aliphatic carboxylic acids is 1. The Bertz CT molecular complexity index is 1550.